The van der Waals surface area contributed by atoms with E-state index in [0.717, 1.165) is 25.2 Å². The summed E-state index contributed by atoms with van der Waals surface area (Å²) in [7, 11) is 0. The number of aromatic nitrogens is 3. The van der Waals surface area contributed by atoms with Crippen LogP contribution in [0.5, 0.6) is 0 Å². The lowest BCUT2D eigenvalue weighted by Crippen LogP contribution is -2.43. The number of nitrogens with two attached hydrogens (primary N) is 1. The number of nitrogens with zero attached hydrogens (tertiary/aromatic N) is 3. The van der Waals surface area contributed by atoms with Gasteiger partial charge in [-0.05, 0) is 24.7 Å². The third-order valence-electron chi connectivity index (χ3n) is 3.39. The second kappa shape index (κ2) is 4.74. The van der Waals surface area contributed by atoms with Gasteiger partial charge in [-0.25, -0.2) is 9.67 Å². The molecule has 0 saturated heterocycles. The van der Waals surface area contributed by atoms with Gasteiger partial charge in [0.1, 0.15) is 12.2 Å². The molecule has 1 saturated carbocycles. The van der Waals surface area contributed by atoms with Gasteiger partial charge in [0.2, 0.25) is 0 Å². The number of rotatable bonds is 6. The quantitative estimate of drug-likeness (QED) is 0.760. The van der Waals surface area contributed by atoms with Crippen molar-refractivity contribution in [3.05, 3.63) is 12.2 Å². The van der Waals surface area contributed by atoms with Gasteiger partial charge in [-0.1, -0.05) is 13.8 Å². The Hall–Kier alpha value is -0.940. The third-order valence-corrected chi connectivity index (χ3v) is 3.39. The first-order valence-electron chi connectivity index (χ1n) is 6.34. The van der Waals surface area contributed by atoms with E-state index in [2.05, 4.69) is 23.9 Å². The maximum absolute atomic E-state index is 10.5. The fourth-order valence-corrected chi connectivity index (χ4v) is 2.20. The van der Waals surface area contributed by atoms with E-state index in [1.54, 1.807) is 6.33 Å². The molecular formula is C12H22N4O. The average molecular weight is 238 g/mol. The van der Waals surface area contributed by atoms with E-state index in [9.17, 15) is 5.11 Å². The summed E-state index contributed by atoms with van der Waals surface area (Å²) in [6, 6.07) is 0. The molecule has 0 bridgehead atoms. The second-order valence-electron chi connectivity index (χ2n) is 5.51. The number of aliphatic hydroxyl groups is 1. The van der Waals surface area contributed by atoms with Crippen LogP contribution in [0.25, 0.3) is 0 Å². The lowest BCUT2D eigenvalue weighted by molar-refractivity contribution is 0.0236. The number of hydrogen-bond donors (Lipinski definition) is 2. The molecule has 0 aliphatic heterocycles. The molecule has 17 heavy (non-hydrogen) atoms. The first-order chi connectivity index (χ1) is 8.05. The van der Waals surface area contributed by atoms with Crippen molar-refractivity contribution in [2.24, 2.45) is 17.6 Å². The Balaban J connectivity index is 2.09. The Morgan fingerprint density at radius 2 is 2.29 bits per heavy atom. The molecule has 0 radical (unpaired) electrons. The summed E-state index contributed by atoms with van der Waals surface area (Å²) in [4.78, 5) is 4.25. The van der Waals surface area contributed by atoms with Crippen molar-refractivity contribution in [2.45, 2.75) is 45.3 Å². The van der Waals surface area contributed by atoms with E-state index in [1.807, 2.05) is 4.68 Å². The molecule has 3 N–H and O–H groups in total. The zero-order chi connectivity index (χ0) is 12.5. The molecule has 0 spiro atoms. The van der Waals surface area contributed by atoms with Crippen molar-refractivity contribution in [3.63, 3.8) is 0 Å². The minimum atomic E-state index is -0.790. The molecule has 1 heterocycles. The highest BCUT2D eigenvalue weighted by atomic mass is 16.3. The molecule has 1 aromatic rings. The third kappa shape index (κ3) is 2.84. The van der Waals surface area contributed by atoms with Crippen molar-refractivity contribution in [2.75, 3.05) is 6.54 Å². The maximum atomic E-state index is 10.5. The summed E-state index contributed by atoms with van der Waals surface area (Å²) in [5.41, 5.74) is 4.92. The van der Waals surface area contributed by atoms with Crippen molar-refractivity contribution in [1.29, 1.82) is 0 Å². The summed E-state index contributed by atoms with van der Waals surface area (Å²) < 4.78 is 1.88. The van der Waals surface area contributed by atoms with Crippen molar-refractivity contribution in [3.8, 4) is 0 Å². The molecule has 1 fully saturated rings. The molecule has 5 heteroatoms. The largest absolute Gasteiger partial charge is 0.388 e. The fourth-order valence-electron chi connectivity index (χ4n) is 2.20. The van der Waals surface area contributed by atoms with E-state index in [1.165, 1.54) is 0 Å². The topological polar surface area (TPSA) is 77.0 Å². The van der Waals surface area contributed by atoms with Crippen LogP contribution in [0.15, 0.2) is 6.33 Å². The molecule has 2 rings (SSSR count). The Labute approximate surface area is 102 Å². The monoisotopic (exact) mass is 238 g/mol. The standard InChI is InChI=1S/C12H22N4O/c1-9(2)6-16-11(14-8-15-16)5-12(17,7-13)10-3-4-10/h8-10,17H,3-7,13H2,1-2H3. The van der Waals surface area contributed by atoms with E-state index < -0.39 is 5.60 Å². The van der Waals surface area contributed by atoms with Crippen LogP contribution in [0.3, 0.4) is 0 Å². The summed E-state index contributed by atoms with van der Waals surface area (Å²) in [5, 5.41) is 14.7. The highest BCUT2D eigenvalue weighted by molar-refractivity contribution is 5.03. The lowest BCUT2D eigenvalue weighted by Gasteiger charge is -2.26. The zero-order valence-electron chi connectivity index (χ0n) is 10.6. The summed E-state index contributed by atoms with van der Waals surface area (Å²) in [6.07, 6.45) is 4.22. The van der Waals surface area contributed by atoms with Gasteiger partial charge in [-0.15, -0.1) is 0 Å². The molecule has 1 unspecified atom stereocenters. The fraction of sp³-hybridized carbons (Fsp3) is 0.833. The van der Waals surface area contributed by atoms with Crippen LogP contribution < -0.4 is 5.73 Å². The molecule has 1 aliphatic carbocycles. The zero-order valence-corrected chi connectivity index (χ0v) is 10.6. The summed E-state index contributed by atoms with van der Waals surface area (Å²) >= 11 is 0. The Morgan fingerprint density at radius 1 is 1.59 bits per heavy atom. The number of hydrogen-bond acceptors (Lipinski definition) is 4. The SMILES string of the molecule is CC(C)Cn1ncnc1CC(O)(CN)C1CC1. The minimum Gasteiger partial charge on any atom is -0.388 e. The van der Waals surface area contributed by atoms with Gasteiger partial charge in [0, 0.05) is 19.5 Å². The molecule has 5 nitrogen and oxygen atoms in total. The molecule has 1 atom stereocenters. The maximum Gasteiger partial charge on any atom is 0.138 e. The Bertz CT molecular complexity index is 372. The highest BCUT2D eigenvalue weighted by Gasteiger charge is 2.43. The predicted molar refractivity (Wildman–Crippen MR) is 65.3 cm³/mol. The first kappa shape index (κ1) is 12.5. The lowest BCUT2D eigenvalue weighted by atomic mass is 9.93. The van der Waals surface area contributed by atoms with Crippen molar-refractivity contribution < 1.29 is 5.11 Å². The molecular weight excluding hydrogens is 216 g/mol. The highest BCUT2D eigenvalue weighted by Crippen LogP contribution is 2.40. The van der Waals surface area contributed by atoms with Crippen LogP contribution in [0.1, 0.15) is 32.5 Å². The van der Waals surface area contributed by atoms with Gasteiger partial charge in [0.25, 0.3) is 0 Å². The Kier molecular flexibility index (Phi) is 3.49. The minimum absolute atomic E-state index is 0.298. The van der Waals surface area contributed by atoms with E-state index in [4.69, 9.17) is 5.73 Å². The summed E-state index contributed by atoms with van der Waals surface area (Å²) in [5.74, 6) is 1.71. The normalized spacial score (nSPS) is 19.6. The van der Waals surface area contributed by atoms with Gasteiger partial charge in [0.05, 0.1) is 5.60 Å². The van der Waals surface area contributed by atoms with Crippen LogP contribution >= 0.6 is 0 Å². The van der Waals surface area contributed by atoms with Crippen LogP contribution in [0.2, 0.25) is 0 Å². The molecule has 0 aromatic carbocycles. The van der Waals surface area contributed by atoms with Crippen LogP contribution in [-0.2, 0) is 13.0 Å². The van der Waals surface area contributed by atoms with Crippen LogP contribution in [-0.4, -0.2) is 32.0 Å². The van der Waals surface area contributed by atoms with Gasteiger partial charge >= 0.3 is 0 Å². The van der Waals surface area contributed by atoms with E-state index in [-0.39, 0.29) is 0 Å². The Morgan fingerprint density at radius 3 is 2.82 bits per heavy atom. The van der Waals surface area contributed by atoms with E-state index >= 15 is 0 Å². The van der Waals surface area contributed by atoms with Gasteiger partial charge in [0.15, 0.2) is 0 Å². The van der Waals surface area contributed by atoms with Gasteiger partial charge in [-0.2, -0.15) is 5.10 Å². The van der Waals surface area contributed by atoms with Gasteiger partial charge < -0.3 is 10.8 Å². The molecule has 96 valence electrons. The molecule has 1 aromatic heterocycles. The van der Waals surface area contributed by atoms with Crippen molar-refractivity contribution in [1.82, 2.24) is 14.8 Å². The smallest absolute Gasteiger partial charge is 0.138 e. The summed E-state index contributed by atoms with van der Waals surface area (Å²) in [6.45, 7) is 5.41. The van der Waals surface area contributed by atoms with Crippen LogP contribution in [0.4, 0.5) is 0 Å². The second-order valence-corrected chi connectivity index (χ2v) is 5.51. The first-order valence-corrected chi connectivity index (χ1v) is 6.34. The van der Waals surface area contributed by atoms with Crippen molar-refractivity contribution >= 4 is 0 Å². The molecule has 0 amide bonds. The average Bonchev–Trinajstić information content (AvgIpc) is 3.04. The van der Waals surface area contributed by atoms with E-state index in [0.29, 0.717) is 24.8 Å². The molecule has 1 aliphatic rings. The van der Waals surface area contributed by atoms with Crippen LogP contribution in [0, 0.1) is 11.8 Å². The predicted octanol–water partition coefficient (Wildman–Crippen LogP) is 0.576. The van der Waals surface area contributed by atoms with Gasteiger partial charge in [-0.3, -0.25) is 0 Å².